The van der Waals surface area contributed by atoms with Crippen LogP contribution in [0.3, 0.4) is 0 Å². The second-order valence-electron chi connectivity index (χ2n) is 8.40. The third-order valence-corrected chi connectivity index (χ3v) is 7.64. The average Bonchev–Trinajstić information content (AvgIpc) is 3.13. The van der Waals surface area contributed by atoms with Gasteiger partial charge in [0.15, 0.2) is 9.84 Å². The average molecular weight is 440 g/mol. The van der Waals surface area contributed by atoms with Crippen molar-refractivity contribution < 1.29 is 18.3 Å². The van der Waals surface area contributed by atoms with Crippen molar-refractivity contribution in [1.82, 2.24) is 4.90 Å². The molecule has 0 spiro atoms. The fourth-order valence-electron chi connectivity index (χ4n) is 4.21. The fourth-order valence-corrected chi connectivity index (χ4v) is 5.97. The molecule has 0 radical (unpaired) electrons. The van der Waals surface area contributed by atoms with Gasteiger partial charge in [-0.2, -0.15) is 0 Å². The topological polar surface area (TPSA) is 66.8 Å². The number of hydrogen-bond acceptors (Lipinski definition) is 5. The highest BCUT2D eigenvalue weighted by molar-refractivity contribution is 7.91. The van der Waals surface area contributed by atoms with Crippen molar-refractivity contribution in [3.05, 3.63) is 77.9 Å². The van der Waals surface area contributed by atoms with Gasteiger partial charge in [-0.15, -0.1) is 0 Å². The third kappa shape index (κ3) is 5.64. The molecule has 1 heterocycles. The molecule has 0 bridgehead atoms. The number of fused-ring (bicyclic) bond motifs is 1. The molecular formula is C25H29NO4S. The molecule has 3 aromatic rings. The number of ether oxygens (including phenoxy) is 1. The molecule has 2 unspecified atom stereocenters. The van der Waals surface area contributed by atoms with Gasteiger partial charge in [0.05, 0.1) is 11.5 Å². The number of aliphatic hydroxyl groups excluding tert-OH is 1. The molecule has 1 aliphatic heterocycles. The standard InChI is InChI=1S/C25H29NO4S/c1-19-9-11-24(12-10-19)30-17-23(27)16-26(22-13-14-31(28,29)18-22)15-21-7-4-6-20-5-2-3-8-25(20)21/h2-12,22-23,27H,13-18H2,1H3. The molecule has 31 heavy (non-hydrogen) atoms. The van der Waals surface area contributed by atoms with Gasteiger partial charge in [-0.05, 0) is 41.8 Å². The van der Waals surface area contributed by atoms with Crippen LogP contribution in [0.2, 0.25) is 0 Å². The van der Waals surface area contributed by atoms with Crippen LogP contribution in [0.1, 0.15) is 17.5 Å². The maximum Gasteiger partial charge on any atom is 0.151 e. The van der Waals surface area contributed by atoms with E-state index in [0.29, 0.717) is 25.3 Å². The lowest BCUT2D eigenvalue weighted by atomic mass is 10.0. The number of sulfone groups is 1. The maximum absolute atomic E-state index is 12.1. The number of rotatable bonds is 8. The zero-order chi connectivity index (χ0) is 21.8. The van der Waals surface area contributed by atoms with E-state index in [1.807, 2.05) is 49.4 Å². The lowest BCUT2D eigenvalue weighted by Crippen LogP contribution is -2.42. The summed E-state index contributed by atoms with van der Waals surface area (Å²) in [4.78, 5) is 2.11. The quantitative estimate of drug-likeness (QED) is 0.581. The Hall–Kier alpha value is -2.41. The van der Waals surface area contributed by atoms with Gasteiger partial charge >= 0.3 is 0 Å². The van der Waals surface area contributed by atoms with E-state index in [1.54, 1.807) is 0 Å². The summed E-state index contributed by atoms with van der Waals surface area (Å²) < 4.78 is 30.0. The van der Waals surface area contributed by atoms with Crippen LogP contribution >= 0.6 is 0 Å². The molecule has 0 aliphatic carbocycles. The highest BCUT2D eigenvalue weighted by Crippen LogP contribution is 2.24. The summed E-state index contributed by atoms with van der Waals surface area (Å²) in [5, 5.41) is 13.0. The molecule has 1 saturated heterocycles. The van der Waals surface area contributed by atoms with Crippen LogP contribution in [-0.2, 0) is 16.4 Å². The summed E-state index contributed by atoms with van der Waals surface area (Å²) in [6.45, 7) is 3.12. The van der Waals surface area contributed by atoms with Crippen molar-refractivity contribution in [2.24, 2.45) is 0 Å². The van der Waals surface area contributed by atoms with Gasteiger partial charge in [-0.25, -0.2) is 8.42 Å². The molecule has 3 aromatic carbocycles. The second-order valence-corrected chi connectivity index (χ2v) is 10.6. The van der Waals surface area contributed by atoms with Crippen molar-refractivity contribution in [2.75, 3.05) is 24.7 Å². The van der Waals surface area contributed by atoms with E-state index in [1.165, 1.54) is 0 Å². The van der Waals surface area contributed by atoms with E-state index in [-0.39, 0.29) is 24.2 Å². The Labute approximate surface area is 184 Å². The lowest BCUT2D eigenvalue weighted by Gasteiger charge is -2.30. The Balaban J connectivity index is 1.49. The van der Waals surface area contributed by atoms with Crippen LogP contribution in [0, 0.1) is 6.92 Å². The largest absolute Gasteiger partial charge is 0.491 e. The molecule has 4 rings (SSSR count). The van der Waals surface area contributed by atoms with Crippen molar-refractivity contribution in [2.45, 2.75) is 32.0 Å². The van der Waals surface area contributed by atoms with E-state index in [9.17, 15) is 13.5 Å². The SMILES string of the molecule is Cc1ccc(OCC(O)CN(Cc2cccc3ccccc23)C2CCS(=O)(=O)C2)cc1. The van der Waals surface area contributed by atoms with Gasteiger partial charge in [0.25, 0.3) is 0 Å². The van der Waals surface area contributed by atoms with Crippen LogP contribution in [0.25, 0.3) is 10.8 Å². The summed E-state index contributed by atoms with van der Waals surface area (Å²) in [7, 11) is -3.02. The van der Waals surface area contributed by atoms with Crippen LogP contribution in [0.5, 0.6) is 5.75 Å². The number of nitrogens with zero attached hydrogens (tertiary/aromatic N) is 1. The fraction of sp³-hybridized carbons (Fsp3) is 0.360. The number of aryl methyl sites for hydroxylation is 1. The number of benzene rings is 3. The van der Waals surface area contributed by atoms with Crippen molar-refractivity contribution in [1.29, 1.82) is 0 Å². The summed E-state index contributed by atoms with van der Waals surface area (Å²) in [6.07, 6.45) is -0.127. The van der Waals surface area contributed by atoms with E-state index < -0.39 is 15.9 Å². The normalized spacial score (nSPS) is 19.0. The molecule has 0 amide bonds. The van der Waals surface area contributed by atoms with E-state index in [2.05, 4.69) is 29.2 Å². The molecule has 1 aliphatic rings. The Morgan fingerprint density at radius 3 is 2.55 bits per heavy atom. The van der Waals surface area contributed by atoms with Crippen LogP contribution in [-0.4, -0.2) is 55.2 Å². The first-order valence-electron chi connectivity index (χ1n) is 10.7. The Kier molecular flexibility index (Phi) is 6.60. The summed E-state index contributed by atoms with van der Waals surface area (Å²) in [5.74, 6) is 1.07. The second kappa shape index (κ2) is 9.39. The van der Waals surface area contributed by atoms with Gasteiger partial charge in [0.1, 0.15) is 18.5 Å². The third-order valence-electron chi connectivity index (χ3n) is 5.89. The first-order valence-corrected chi connectivity index (χ1v) is 12.5. The van der Waals surface area contributed by atoms with Crippen LogP contribution < -0.4 is 4.74 Å². The molecule has 164 valence electrons. The molecule has 2 atom stereocenters. The highest BCUT2D eigenvalue weighted by atomic mass is 32.2. The minimum atomic E-state index is -3.02. The van der Waals surface area contributed by atoms with Crippen LogP contribution in [0.15, 0.2) is 66.7 Å². The summed E-state index contributed by atoms with van der Waals surface area (Å²) in [5.41, 5.74) is 2.28. The van der Waals surface area contributed by atoms with E-state index in [0.717, 1.165) is 21.9 Å². The summed E-state index contributed by atoms with van der Waals surface area (Å²) >= 11 is 0. The molecule has 0 aromatic heterocycles. The Bertz CT molecular complexity index is 1120. The number of aliphatic hydroxyl groups is 1. The highest BCUT2D eigenvalue weighted by Gasteiger charge is 2.33. The molecule has 5 nitrogen and oxygen atoms in total. The summed E-state index contributed by atoms with van der Waals surface area (Å²) in [6, 6.07) is 22.0. The molecule has 1 N–H and O–H groups in total. The molecule has 6 heteroatoms. The van der Waals surface area contributed by atoms with E-state index >= 15 is 0 Å². The number of hydrogen-bond donors (Lipinski definition) is 1. The first kappa shape index (κ1) is 21.8. The zero-order valence-electron chi connectivity index (χ0n) is 17.8. The van der Waals surface area contributed by atoms with Gasteiger partial charge in [-0.3, -0.25) is 4.90 Å². The van der Waals surface area contributed by atoms with Crippen molar-refractivity contribution in [3.8, 4) is 5.75 Å². The Morgan fingerprint density at radius 1 is 1.06 bits per heavy atom. The van der Waals surface area contributed by atoms with Gasteiger partial charge in [0.2, 0.25) is 0 Å². The molecule has 1 fully saturated rings. The lowest BCUT2D eigenvalue weighted by molar-refractivity contribution is 0.0526. The van der Waals surface area contributed by atoms with E-state index in [4.69, 9.17) is 4.74 Å². The van der Waals surface area contributed by atoms with Gasteiger partial charge < -0.3 is 9.84 Å². The van der Waals surface area contributed by atoms with Gasteiger partial charge in [-0.1, -0.05) is 60.2 Å². The predicted octanol–water partition coefficient (Wildman–Crippen LogP) is 3.58. The van der Waals surface area contributed by atoms with Crippen molar-refractivity contribution in [3.63, 3.8) is 0 Å². The van der Waals surface area contributed by atoms with Crippen LogP contribution in [0.4, 0.5) is 0 Å². The maximum atomic E-state index is 12.1. The zero-order valence-corrected chi connectivity index (χ0v) is 18.6. The first-order chi connectivity index (χ1) is 14.9. The molecule has 0 saturated carbocycles. The molecular weight excluding hydrogens is 410 g/mol. The minimum Gasteiger partial charge on any atom is -0.491 e. The van der Waals surface area contributed by atoms with Crippen molar-refractivity contribution >= 4 is 20.6 Å². The minimum absolute atomic E-state index is 0.0991. The van der Waals surface area contributed by atoms with Gasteiger partial charge in [0, 0.05) is 19.1 Å². The predicted molar refractivity (Wildman–Crippen MR) is 124 cm³/mol. The monoisotopic (exact) mass is 439 g/mol. The Morgan fingerprint density at radius 2 is 1.81 bits per heavy atom. The smallest absolute Gasteiger partial charge is 0.151 e.